The summed E-state index contributed by atoms with van der Waals surface area (Å²) >= 11 is 5.12. The van der Waals surface area contributed by atoms with Crippen LogP contribution in [0.3, 0.4) is 0 Å². The van der Waals surface area contributed by atoms with Crippen molar-refractivity contribution in [1.29, 1.82) is 0 Å². The number of aliphatic carboxylic acids is 1. The molecule has 0 saturated carbocycles. The Balaban J connectivity index is 3.50. The van der Waals surface area contributed by atoms with E-state index >= 15 is 0 Å². The first kappa shape index (κ1) is 8.46. The molecule has 0 rings (SSSR count). The van der Waals surface area contributed by atoms with Crippen LogP contribution < -0.4 is 5.73 Å². The van der Waals surface area contributed by atoms with E-state index in [1.165, 1.54) is 11.6 Å². The number of carboxylic acids is 1. The molecular weight excluding hydrogens is 142 g/mol. The summed E-state index contributed by atoms with van der Waals surface area (Å²) in [6.45, 7) is 0. The van der Waals surface area contributed by atoms with Crippen LogP contribution in [0.5, 0.6) is 0 Å². The van der Waals surface area contributed by atoms with Crippen LogP contribution in [0.15, 0.2) is 11.6 Å². The normalized spacial score (nSPS) is 14.0. The van der Waals surface area contributed by atoms with Gasteiger partial charge in [-0.3, -0.25) is 4.79 Å². The summed E-state index contributed by atoms with van der Waals surface area (Å²) in [6.07, 6.45) is 1.78. The average molecular weight is 150 g/mol. The smallest absolute Gasteiger partial charge is 0.320 e. The molecule has 0 fully saturated rings. The van der Waals surface area contributed by atoms with Crippen LogP contribution in [0, 0.1) is 0 Å². The first-order chi connectivity index (χ1) is 4.18. The lowest BCUT2D eigenvalue weighted by molar-refractivity contribution is -0.138. The fourth-order valence-electron chi connectivity index (χ4n) is 0.299. The predicted octanol–water partition coefficient (Wildman–Crippen LogP) is 0.541. The zero-order valence-electron chi connectivity index (χ0n) is 4.75. The lowest BCUT2D eigenvalue weighted by Crippen LogP contribution is -2.29. The second-order valence-corrected chi connectivity index (χ2v) is 1.79. The van der Waals surface area contributed by atoms with Crippen LogP contribution in [0.2, 0.25) is 0 Å². The molecule has 0 radical (unpaired) electrons. The maximum Gasteiger partial charge on any atom is 0.320 e. The number of hydrogen-bond acceptors (Lipinski definition) is 2. The van der Waals surface area contributed by atoms with Crippen molar-refractivity contribution in [2.24, 2.45) is 5.73 Å². The van der Waals surface area contributed by atoms with Gasteiger partial charge in [-0.1, -0.05) is 17.7 Å². The van der Waals surface area contributed by atoms with E-state index < -0.39 is 12.0 Å². The highest BCUT2D eigenvalue weighted by molar-refractivity contribution is 6.25. The van der Waals surface area contributed by atoms with Gasteiger partial charge in [-0.05, 0) is 6.42 Å². The van der Waals surface area contributed by atoms with E-state index in [4.69, 9.17) is 22.4 Å². The topological polar surface area (TPSA) is 63.3 Å². The van der Waals surface area contributed by atoms with Crippen LogP contribution in [-0.4, -0.2) is 17.1 Å². The zero-order chi connectivity index (χ0) is 7.28. The minimum atomic E-state index is -1.01. The van der Waals surface area contributed by atoms with Crippen molar-refractivity contribution in [3.8, 4) is 0 Å². The van der Waals surface area contributed by atoms with Gasteiger partial charge < -0.3 is 10.8 Å². The second kappa shape index (κ2) is 4.35. The van der Waals surface area contributed by atoms with Crippen LogP contribution in [0.4, 0.5) is 0 Å². The van der Waals surface area contributed by atoms with Gasteiger partial charge in [0.05, 0.1) is 0 Å². The molecule has 3 N–H and O–H groups in total. The fraction of sp³-hybridized carbons (Fsp3) is 0.400. The molecule has 1 atom stereocenters. The van der Waals surface area contributed by atoms with Crippen LogP contribution >= 0.6 is 11.6 Å². The van der Waals surface area contributed by atoms with E-state index in [9.17, 15) is 4.79 Å². The molecule has 0 saturated heterocycles. The number of hydrogen-bond donors (Lipinski definition) is 2. The number of rotatable bonds is 3. The summed E-state index contributed by atoms with van der Waals surface area (Å²) in [5.74, 6) is -1.01. The lowest BCUT2D eigenvalue weighted by atomic mass is 10.2. The minimum absolute atomic E-state index is 0.277. The van der Waals surface area contributed by atoms with Gasteiger partial charge in [0.2, 0.25) is 0 Å². The van der Waals surface area contributed by atoms with E-state index in [0.29, 0.717) is 0 Å². The largest absolute Gasteiger partial charge is 0.480 e. The van der Waals surface area contributed by atoms with Gasteiger partial charge in [-0.25, -0.2) is 0 Å². The summed E-state index contributed by atoms with van der Waals surface area (Å²) in [5, 5.41) is 8.21. The van der Waals surface area contributed by atoms with Gasteiger partial charge in [0.1, 0.15) is 6.04 Å². The Morgan fingerprint density at radius 3 is 2.78 bits per heavy atom. The maximum atomic E-state index is 10.0. The summed E-state index contributed by atoms with van der Waals surface area (Å²) in [5.41, 5.74) is 6.35. The Kier molecular flexibility index (Phi) is 4.09. The van der Waals surface area contributed by atoms with Gasteiger partial charge in [0.15, 0.2) is 0 Å². The molecule has 0 spiro atoms. The Hall–Kier alpha value is -0.540. The Labute approximate surface area is 58.1 Å². The monoisotopic (exact) mass is 149 g/mol. The molecule has 52 valence electrons. The number of halogens is 1. The van der Waals surface area contributed by atoms with E-state index in [1.807, 2.05) is 0 Å². The van der Waals surface area contributed by atoms with E-state index in [1.54, 1.807) is 0 Å². The lowest BCUT2D eigenvalue weighted by Gasteiger charge is -1.98. The fourth-order valence-corrected chi connectivity index (χ4v) is 0.402. The van der Waals surface area contributed by atoms with Crippen molar-refractivity contribution in [3.05, 3.63) is 11.6 Å². The molecule has 0 aromatic rings. The molecule has 0 bridgehead atoms. The number of carbonyl (C=O) groups is 1. The molecule has 1 unspecified atom stereocenters. The first-order valence-corrected chi connectivity index (χ1v) is 2.85. The van der Waals surface area contributed by atoms with Gasteiger partial charge in [-0.15, -0.1) is 0 Å². The Morgan fingerprint density at radius 1 is 1.89 bits per heavy atom. The molecule has 4 heteroatoms. The molecule has 0 aliphatic carbocycles. The van der Waals surface area contributed by atoms with Crippen LogP contribution in [-0.2, 0) is 4.79 Å². The van der Waals surface area contributed by atoms with Crippen molar-refractivity contribution in [1.82, 2.24) is 0 Å². The Morgan fingerprint density at radius 2 is 2.44 bits per heavy atom. The van der Waals surface area contributed by atoms with E-state index in [-0.39, 0.29) is 6.42 Å². The summed E-state index contributed by atoms with van der Waals surface area (Å²) in [4.78, 5) is 10.0. The molecular formula is C5H8ClNO2. The molecule has 0 aliphatic heterocycles. The zero-order valence-corrected chi connectivity index (χ0v) is 5.51. The van der Waals surface area contributed by atoms with Crippen molar-refractivity contribution >= 4 is 17.6 Å². The van der Waals surface area contributed by atoms with Crippen molar-refractivity contribution < 1.29 is 9.90 Å². The molecule has 0 heterocycles. The first-order valence-electron chi connectivity index (χ1n) is 2.42. The summed E-state index contributed by atoms with van der Waals surface area (Å²) in [6, 6.07) is -0.833. The van der Waals surface area contributed by atoms with Gasteiger partial charge >= 0.3 is 5.97 Å². The third-order valence-electron chi connectivity index (χ3n) is 0.796. The van der Waals surface area contributed by atoms with Gasteiger partial charge in [-0.2, -0.15) is 0 Å². The molecule has 0 amide bonds. The highest BCUT2D eigenvalue weighted by atomic mass is 35.5. The second-order valence-electron chi connectivity index (χ2n) is 1.54. The number of carboxylic acid groups (broad SMARTS) is 1. The highest BCUT2D eigenvalue weighted by Gasteiger charge is 2.07. The van der Waals surface area contributed by atoms with Crippen molar-refractivity contribution in [2.75, 3.05) is 0 Å². The van der Waals surface area contributed by atoms with Crippen molar-refractivity contribution in [3.63, 3.8) is 0 Å². The summed E-state index contributed by atoms with van der Waals surface area (Å²) in [7, 11) is 0. The standard InChI is InChI=1S/C5H8ClNO2/c6-3-1-2-4(7)5(8)9/h1,3-4H,2,7H2,(H,8,9)/b3-1-. The predicted molar refractivity (Wildman–Crippen MR) is 35.2 cm³/mol. The molecule has 9 heavy (non-hydrogen) atoms. The third-order valence-corrected chi connectivity index (χ3v) is 0.974. The maximum absolute atomic E-state index is 10.0. The molecule has 0 aromatic heterocycles. The SMILES string of the molecule is NC(C/C=C\Cl)C(=O)O. The molecule has 0 aliphatic rings. The average Bonchev–Trinajstić information content (AvgIpc) is 1.82. The van der Waals surface area contributed by atoms with Gasteiger partial charge in [0, 0.05) is 5.54 Å². The molecule has 3 nitrogen and oxygen atoms in total. The molecule has 0 aromatic carbocycles. The van der Waals surface area contributed by atoms with Crippen LogP contribution in [0.25, 0.3) is 0 Å². The van der Waals surface area contributed by atoms with Gasteiger partial charge in [0.25, 0.3) is 0 Å². The third kappa shape index (κ3) is 4.00. The van der Waals surface area contributed by atoms with E-state index in [0.717, 1.165) is 0 Å². The van der Waals surface area contributed by atoms with E-state index in [2.05, 4.69) is 0 Å². The summed E-state index contributed by atoms with van der Waals surface area (Å²) < 4.78 is 0. The Bertz CT molecular complexity index is 124. The highest BCUT2D eigenvalue weighted by Crippen LogP contribution is 1.90. The minimum Gasteiger partial charge on any atom is -0.480 e. The number of nitrogens with two attached hydrogens (primary N) is 1. The quantitative estimate of drug-likeness (QED) is 0.616. The van der Waals surface area contributed by atoms with Crippen molar-refractivity contribution in [2.45, 2.75) is 12.5 Å². The van der Waals surface area contributed by atoms with Crippen LogP contribution in [0.1, 0.15) is 6.42 Å².